The number of nitrogens with zero attached hydrogens (tertiary/aromatic N) is 2. The van der Waals surface area contributed by atoms with E-state index in [1.807, 2.05) is 30.3 Å². The van der Waals surface area contributed by atoms with Gasteiger partial charge in [0.25, 0.3) is 0 Å². The average Bonchev–Trinajstić information content (AvgIpc) is 2.25. The van der Waals surface area contributed by atoms with Gasteiger partial charge in [0, 0.05) is 39.1 Å². The van der Waals surface area contributed by atoms with Gasteiger partial charge in [-0.05, 0) is 18.1 Å². The Morgan fingerprint density at radius 2 is 2.44 bits per heavy atom. The van der Waals surface area contributed by atoms with Crippen molar-refractivity contribution in [3.8, 4) is 0 Å². The smallest absolute Gasteiger partial charge is 0.228 e. The first-order valence-corrected chi connectivity index (χ1v) is 5.62. The highest BCUT2D eigenvalue weighted by Gasteiger charge is 2.27. The Morgan fingerprint density at radius 1 is 1.62 bits per heavy atom. The van der Waals surface area contributed by atoms with Crippen molar-refractivity contribution in [1.29, 1.82) is 0 Å². The largest absolute Gasteiger partial charge is 0.345 e. The minimum absolute atomic E-state index is 0.193. The Kier molecular flexibility index (Phi) is 3.51. The number of carbonyl (C=O) groups is 1. The number of carbonyl (C=O) groups excluding carboxylic acids is 1. The SMILES string of the molecule is CN(CCc1cccnc1)C(=O)C1CNC1. The minimum Gasteiger partial charge on any atom is -0.345 e. The van der Waals surface area contributed by atoms with Crippen LogP contribution in [-0.4, -0.2) is 42.5 Å². The van der Waals surface area contributed by atoms with Crippen LogP contribution < -0.4 is 5.32 Å². The first-order chi connectivity index (χ1) is 7.77. The molecule has 0 atom stereocenters. The maximum Gasteiger partial charge on any atom is 0.228 e. The van der Waals surface area contributed by atoms with E-state index in [-0.39, 0.29) is 11.8 Å². The quantitative estimate of drug-likeness (QED) is 0.792. The maximum absolute atomic E-state index is 11.8. The molecular formula is C12H17N3O. The van der Waals surface area contributed by atoms with Crippen molar-refractivity contribution in [1.82, 2.24) is 15.2 Å². The van der Waals surface area contributed by atoms with Gasteiger partial charge in [-0.1, -0.05) is 6.07 Å². The molecular weight excluding hydrogens is 202 g/mol. The van der Waals surface area contributed by atoms with Crippen LogP contribution in [0.3, 0.4) is 0 Å². The zero-order valence-corrected chi connectivity index (χ0v) is 9.52. The zero-order valence-electron chi connectivity index (χ0n) is 9.52. The lowest BCUT2D eigenvalue weighted by molar-refractivity contribution is -0.135. The molecule has 0 bridgehead atoms. The van der Waals surface area contributed by atoms with Gasteiger partial charge in [-0.25, -0.2) is 0 Å². The molecule has 1 N–H and O–H groups in total. The first kappa shape index (κ1) is 11.1. The Bertz CT molecular complexity index is 349. The number of hydrogen-bond donors (Lipinski definition) is 1. The Morgan fingerprint density at radius 3 is 3.00 bits per heavy atom. The van der Waals surface area contributed by atoms with E-state index >= 15 is 0 Å². The second-order valence-corrected chi connectivity index (χ2v) is 4.23. The first-order valence-electron chi connectivity index (χ1n) is 5.62. The fourth-order valence-corrected chi connectivity index (χ4v) is 1.73. The van der Waals surface area contributed by atoms with Gasteiger partial charge >= 0.3 is 0 Å². The van der Waals surface area contributed by atoms with Crippen LogP contribution in [0.2, 0.25) is 0 Å². The number of aromatic nitrogens is 1. The van der Waals surface area contributed by atoms with Crippen molar-refractivity contribution in [3.63, 3.8) is 0 Å². The summed E-state index contributed by atoms with van der Waals surface area (Å²) < 4.78 is 0. The summed E-state index contributed by atoms with van der Waals surface area (Å²) in [6.07, 6.45) is 4.48. The third-order valence-corrected chi connectivity index (χ3v) is 2.97. The third kappa shape index (κ3) is 2.58. The summed E-state index contributed by atoms with van der Waals surface area (Å²) >= 11 is 0. The lowest BCUT2D eigenvalue weighted by Crippen LogP contribution is -2.51. The van der Waals surface area contributed by atoms with Crippen LogP contribution in [0.4, 0.5) is 0 Å². The van der Waals surface area contributed by atoms with Crippen molar-refractivity contribution in [2.24, 2.45) is 5.92 Å². The number of pyridine rings is 1. The predicted molar refractivity (Wildman–Crippen MR) is 61.9 cm³/mol. The molecule has 1 saturated heterocycles. The van der Waals surface area contributed by atoms with E-state index in [1.165, 1.54) is 5.56 Å². The van der Waals surface area contributed by atoms with E-state index in [9.17, 15) is 4.79 Å². The summed E-state index contributed by atoms with van der Waals surface area (Å²) in [5.74, 6) is 0.446. The van der Waals surface area contributed by atoms with Gasteiger partial charge in [0.2, 0.25) is 5.91 Å². The molecule has 2 rings (SSSR count). The molecule has 86 valence electrons. The highest BCUT2D eigenvalue weighted by molar-refractivity contribution is 5.79. The van der Waals surface area contributed by atoms with Crippen molar-refractivity contribution in [2.45, 2.75) is 6.42 Å². The number of amides is 1. The molecule has 0 aromatic carbocycles. The van der Waals surface area contributed by atoms with Crippen molar-refractivity contribution in [3.05, 3.63) is 30.1 Å². The number of rotatable bonds is 4. The van der Waals surface area contributed by atoms with Crippen molar-refractivity contribution in [2.75, 3.05) is 26.7 Å². The number of hydrogen-bond acceptors (Lipinski definition) is 3. The van der Waals surface area contributed by atoms with E-state index in [2.05, 4.69) is 10.3 Å². The molecule has 0 radical (unpaired) electrons. The van der Waals surface area contributed by atoms with E-state index in [0.29, 0.717) is 0 Å². The number of nitrogens with one attached hydrogen (secondary N) is 1. The van der Waals surface area contributed by atoms with Crippen molar-refractivity contribution < 1.29 is 4.79 Å². The molecule has 1 aromatic heterocycles. The summed E-state index contributed by atoms with van der Waals surface area (Å²) in [5, 5.41) is 3.11. The molecule has 1 aliphatic heterocycles. The van der Waals surface area contributed by atoms with Gasteiger partial charge in [-0.3, -0.25) is 9.78 Å². The predicted octanol–water partition coefficient (Wildman–Crippen LogP) is 0.302. The second kappa shape index (κ2) is 5.07. The van der Waals surface area contributed by atoms with E-state index in [4.69, 9.17) is 0 Å². The third-order valence-electron chi connectivity index (χ3n) is 2.97. The Hall–Kier alpha value is -1.42. The monoisotopic (exact) mass is 219 g/mol. The summed E-state index contributed by atoms with van der Waals surface area (Å²) in [7, 11) is 1.87. The molecule has 1 fully saturated rings. The molecule has 1 aliphatic rings. The van der Waals surface area contributed by atoms with E-state index < -0.39 is 0 Å². The van der Waals surface area contributed by atoms with Crippen molar-refractivity contribution >= 4 is 5.91 Å². The highest BCUT2D eigenvalue weighted by atomic mass is 16.2. The molecule has 16 heavy (non-hydrogen) atoms. The highest BCUT2D eigenvalue weighted by Crippen LogP contribution is 2.07. The standard InChI is InChI=1S/C12H17N3O/c1-15(12(16)11-8-14-9-11)6-4-10-3-2-5-13-7-10/h2-3,5,7,11,14H,4,6,8-9H2,1H3. The summed E-state index contributed by atoms with van der Waals surface area (Å²) in [6.45, 7) is 2.42. The molecule has 1 amide bonds. The van der Waals surface area contributed by atoms with Gasteiger partial charge in [0.15, 0.2) is 0 Å². The van der Waals surface area contributed by atoms with E-state index in [1.54, 1.807) is 6.20 Å². The van der Waals surface area contributed by atoms with Crippen LogP contribution in [0.25, 0.3) is 0 Å². The van der Waals surface area contributed by atoms with E-state index in [0.717, 1.165) is 26.1 Å². The molecule has 1 aromatic rings. The minimum atomic E-state index is 0.193. The van der Waals surface area contributed by atoms with Crippen LogP contribution >= 0.6 is 0 Å². The van der Waals surface area contributed by atoms with Gasteiger partial charge in [-0.2, -0.15) is 0 Å². The lowest BCUT2D eigenvalue weighted by Gasteiger charge is -2.30. The van der Waals surface area contributed by atoms with Gasteiger partial charge in [0.05, 0.1) is 5.92 Å². The molecule has 0 spiro atoms. The topological polar surface area (TPSA) is 45.2 Å². The zero-order chi connectivity index (χ0) is 11.4. The second-order valence-electron chi connectivity index (χ2n) is 4.23. The lowest BCUT2D eigenvalue weighted by atomic mass is 10.0. The fourth-order valence-electron chi connectivity index (χ4n) is 1.73. The van der Waals surface area contributed by atoms with Gasteiger partial charge in [-0.15, -0.1) is 0 Å². The normalized spacial score (nSPS) is 15.6. The van der Waals surface area contributed by atoms with Crippen LogP contribution in [-0.2, 0) is 11.2 Å². The van der Waals surface area contributed by atoms with Crippen LogP contribution in [0.1, 0.15) is 5.56 Å². The molecule has 0 unspecified atom stereocenters. The fraction of sp³-hybridized carbons (Fsp3) is 0.500. The summed E-state index contributed by atoms with van der Waals surface area (Å²) in [5.41, 5.74) is 1.17. The Balaban J connectivity index is 1.79. The summed E-state index contributed by atoms with van der Waals surface area (Å²) in [4.78, 5) is 17.7. The number of likely N-dealkylation sites (N-methyl/N-ethyl adjacent to an activating group) is 1. The average molecular weight is 219 g/mol. The molecule has 4 nitrogen and oxygen atoms in total. The molecule has 0 aliphatic carbocycles. The molecule has 2 heterocycles. The van der Waals surface area contributed by atoms with Crippen LogP contribution in [0.5, 0.6) is 0 Å². The van der Waals surface area contributed by atoms with Crippen LogP contribution in [0.15, 0.2) is 24.5 Å². The Labute approximate surface area is 95.7 Å². The summed E-state index contributed by atoms with van der Waals surface area (Å²) in [6, 6.07) is 3.96. The van der Waals surface area contributed by atoms with Crippen LogP contribution in [0, 0.1) is 5.92 Å². The molecule has 0 saturated carbocycles. The van der Waals surface area contributed by atoms with Gasteiger partial charge < -0.3 is 10.2 Å². The van der Waals surface area contributed by atoms with Gasteiger partial charge in [0.1, 0.15) is 0 Å². The maximum atomic E-state index is 11.8. The molecule has 4 heteroatoms.